The van der Waals surface area contributed by atoms with E-state index in [0.29, 0.717) is 11.5 Å². The summed E-state index contributed by atoms with van der Waals surface area (Å²) < 4.78 is 0. The van der Waals surface area contributed by atoms with Gasteiger partial charge in [0.15, 0.2) is 0 Å². The lowest BCUT2D eigenvalue weighted by molar-refractivity contribution is 0.328. The van der Waals surface area contributed by atoms with Crippen LogP contribution in [-0.4, -0.2) is 12.1 Å². The van der Waals surface area contributed by atoms with Crippen LogP contribution in [0.25, 0.3) is 0 Å². The Morgan fingerprint density at radius 1 is 1.25 bits per heavy atom. The van der Waals surface area contributed by atoms with Crippen LogP contribution in [-0.2, 0) is 0 Å². The van der Waals surface area contributed by atoms with Crippen LogP contribution >= 0.6 is 0 Å². The summed E-state index contributed by atoms with van der Waals surface area (Å²) in [5, 5.41) is 3.72. The molecule has 1 fully saturated rings. The molecule has 0 bridgehead atoms. The molecular formula is C11H23N. The van der Waals surface area contributed by atoms with Gasteiger partial charge in [-0.15, -0.1) is 0 Å². The van der Waals surface area contributed by atoms with Gasteiger partial charge in [0.2, 0.25) is 0 Å². The van der Waals surface area contributed by atoms with Crippen molar-refractivity contribution in [2.75, 3.05) is 0 Å². The van der Waals surface area contributed by atoms with Gasteiger partial charge in [-0.25, -0.2) is 0 Å². The Kier molecular flexibility index (Phi) is 3.16. The Morgan fingerprint density at radius 3 is 2.08 bits per heavy atom. The number of hydrogen-bond donors (Lipinski definition) is 1. The molecule has 1 heteroatoms. The highest BCUT2D eigenvalue weighted by Crippen LogP contribution is 2.48. The fraction of sp³-hybridized carbons (Fsp3) is 1.00. The first kappa shape index (κ1) is 10.0. The Bertz CT molecular complexity index is 134. The highest BCUT2D eigenvalue weighted by Gasteiger charge is 2.42. The zero-order valence-electron chi connectivity index (χ0n) is 8.98. The molecule has 0 spiro atoms. The second-order valence-corrected chi connectivity index (χ2v) is 4.56. The molecule has 1 atom stereocenters. The van der Waals surface area contributed by atoms with Crippen LogP contribution in [0.4, 0.5) is 0 Å². The Hall–Kier alpha value is -0.0400. The molecule has 0 amide bonds. The first-order valence-electron chi connectivity index (χ1n) is 5.38. The van der Waals surface area contributed by atoms with Gasteiger partial charge in [-0.2, -0.15) is 0 Å². The summed E-state index contributed by atoms with van der Waals surface area (Å²) in [6.07, 6.45) is 5.36. The smallest absolute Gasteiger partial charge is 0.00951 e. The average molecular weight is 169 g/mol. The van der Waals surface area contributed by atoms with Gasteiger partial charge in [-0.1, -0.05) is 20.8 Å². The normalized spacial score (nSPS) is 22.8. The van der Waals surface area contributed by atoms with Crippen LogP contribution in [0.3, 0.4) is 0 Å². The Balaban J connectivity index is 2.29. The van der Waals surface area contributed by atoms with Crippen LogP contribution < -0.4 is 5.32 Å². The highest BCUT2D eigenvalue weighted by molar-refractivity contribution is 4.97. The minimum absolute atomic E-state index is 0.628. The summed E-state index contributed by atoms with van der Waals surface area (Å²) in [5.41, 5.74) is 0.628. The van der Waals surface area contributed by atoms with Crippen molar-refractivity contribution in [3.05, 3.63) is 0 Å². The van der Waals surface area contributed by atoms with E-state index in [1.54, 1.807) is 0 Å². The van der Waals surface area contributed by atoms with Crippen molar-refractivity contribution < 1.29 is 0 Å². The van der Waals surface area contributed by atoms with E-state index >= 15 is 0 Å². The molecule has 1 saturated carbocycles. The van der Waals surface area contributed by atoms with Crippen LogP contribution in [0.5, 0.6) is 0 Å². The number of rotatable bonds is 5. The SMILES string of the molecule is CCC(CC)NC(C)C1(C)CC1. The monoisotopic (exact) mass is 169 g/mol. The summed E-state index contributed by atoms with van der Waals surface area (Å²) in [5.74, 6) is 0. The summed E-state index contributed by atoms with van der Waals surface area (Å²) in [4.78, 5) is 0. The zero-order valence-corrected chi connectivity index (χ0v) is 8.98. The van der Waals surface area contributed by atoms with E-state index in [1.807, 2.05) is 0 Å². The summed E-state index contributed by atoms with van der Waals surface area (Å²) >= 11 is 0. The first-order chi connectivity index (χ1) is 5.62. The maximum absolute atomic E-state index is 3.72. The number of hydrogen-bond acceptors (Lipinski definition) is 1. The van der Waals surface area contributed by atoms with Gasteiger partial charge >= 0.3 is 0 Å². The van der Waals surface area contributed by atoms with E-state index in [9.17, 15) is 0 Å². The highest BCUT2D eigenvalue weighted by atomic mass is 15.0. The van der Waals surface area contributed by atoms with Gasteiger partial charge in [0.1, 0.15) is 0 Å². The molecule has 1 nitrogen and oxygen atoms in total. The molecule has 1 rings (SSSR count). The van der Waals surface area contributed by atoms with Crippen LogP contribution in [0.1, 0.15) is 53.4 Å². The first-order valence-corrected chi connectivity index (χ1v) is 5.38. The van der Waals surface area contributed by atoms with Gasteiger partial charge in [0.25, 0.3) is 0 Å². The largest absolute Gasteiger partial charge is 0.311 e. The molecule has 0 heterocycles. The molecule has 0 saturated heterocycles. The quantitative estimate of drug-likeness (QED) is 0.667. The predicted molar refractivity (Wildman–Crippen MR) is 54.3 cm³/mol. The van der Waals surface area contributed by atoms with Gasteiger partial charge in [-0.3, -0.25) is 0 Å². The van der Waals surface area contributed by atoms with Crippen molar-refractivity contribution >= 4 is 0 Å². The third kappa shape index (κ3) is 2.22. The van der Waals surface area contributed by atoms with Crippen LogP contribution in [0.2, 0.25) is 0 Å². The average Bonchev–Trinajstić information content (AvgIpc) is 2.80. The van der Waals surface area contributed by atoms with Crippen molar-refractivity contribution in [3.63, 3.8) is 0 Å². The lowest BCUT2D eigenvalue weighted by Gasteiger charge is -2.25. The summed E-state index contributed by atoms with van der Waals surface area (Å²) in [6.45, 7) is 9.27. The third-order valence-corrected chi connectivity index (χ3v) is 3.56. The van der Waals surface area contributed by atoms with Crippen molar-refractivity contribution in [2.45, 2.75) is 65.5 Å². The standard InChI is InChI=1S/C11H23N/c1-5-10(6-2)12-9(3)11(4)7-8-11/h9-10,12H,5-8H2,1-4H3. The van der Waals surface area contributed by atoms with Gasteiger partial charge in [0, 0.05) is 12.1 Å². The fourth-order valence-electron chi connectivity index (χ4n) is 1.71. The van der Waals surface area contributed by atoms with Crippen LogP contribution in [0, 0.1) is 5.41 Å². The molecule has 0 radical (unpaired) electrons. The molecule has 72 valence electrons. The van der Waals surface area contributed by atoms with Crippen molar-refractivity contribution in [2.24, 2.45) is 5.41 Å². The Morgan fingerprint density at radius 2 is 1.75 bits per heavy atom. The van der Waals surface area contributed by atoms with E-state index in [2.05, 4.69) is 33.0 Å². The maximum atomic E-state index is 3.72. The van der Waals surface area contributed by atoms with E-state index in [1.165, 1.54) is 25.7 Å². The molecule has 12 heavy (non-hydrogen) atoms. The lowest BCUT2D eigenvalue weighted by atomic mass is 9.99. The second-order valence-electron chi connectivity index (χ2n) is 4.56. The molecule has 1 unspecified atom stereocenters. The third-order valence-electron chi connectivity index (χ3n) is 3.56. The lowest BCUT2D eigenvalue weighted by Crippen LogP contribution is -2.40. The Labute approximate surface area is 76.9 Å². The van der Waals surface area contributed by atoms with Crippen molar-refractivity contribution in [1.29, 1.82) is 0 Å². The minimum Gasteiger partial charge on any atom is -0.311 e. The van der Waals surface area contributed by atoms with E-state index in [-0.39, 0.29) is 0 Å². The molecule has 1 aliphatic rings. The fourth-order valence-corrected chi connectivity index (χ4v) is 1.71. The summed E-state index contributed by atoms with van der Waals surface area (Å²) in [6, 6.07) is 1.44. The zero-order chi connectivity index (χ0) is 9.19. The molecule has 0 aromatic rings. The van der Waals surface area contributed by atoms with Crippen LogP contribution in [0.15, 0.2) is 0 Å². The maximum Gasteiger partial charge on any atom is 0.00951 e. The van der Waals surface area contributed by atoms with Crippen molar-refractivity contribution in [1.82, 2.24) is 5.32 Å². The second kappa shape index (κ2) is 3.78. The molecular weight excluding hydrogens is 146 g/mol. The number of nitrogens with one attached hydrogen (secondary N) is 1. The predicted octanol–water partition coefficient (Wildman–Crippen LogP) is 2.95. The van der Waals surface area contributed by atoms with Gasteiger partial charge in [0.05, 0.1) is 0 Å². The van der Waals surface area contributed by atoms with Gasteiger partial charge in [-0.05, 0) is 38.0 Å². The van der Waals surface area contributed by atoms with E-state index < -0.39 is 0 Å². The van der Waals surface area contributed by atoms with Gasteiger partial charge < -0.3 is 5.32 Å². The summed E-state index contributed by atoms with van der Waals surface area (Å²) in [7, 11) is 0. The molecule has 0 aliphatic heterocycles. The topological polar surface area (TPSA) is 12.0 Å². The van der Waals surface area contributed by atoms with Crippen molar-refractivity contribution in [3.8, 4) is 0 Å². The molecule has 0 aromatic heterocycles. The van der Waals surface area contributed by atoms with E-state index in [4.69, 9.17) is 0 Å². The molecule has 1 aliphatic carbocycles. The van der Waals surface area contributed by atoms with E-state index in [0.717, 1.165) is 6.04 Å². The minimum atomic E-state index is 0.628. The molecule has 0 aromatic carbocycles. The molecule has 1 N–H and O–H groups in total.